The number of carbonyl (C=O) groups excluding carboxylic acids is 1. The quantitative estimate of drug-likeness (QED) is 0.510. The molecule has 2 amide bonds. The van der Waals surface area contributed by atoms with E-state index < -0.39 is 0 Å². The lowest BCUT2D eigenvalue weighted by Gasteiger charge is -2.28. The van der Waals surface area contributed by atoms with Gasteiger partial charge in [0, 0.05) is 33.0 Å². The molecule has 2 aliphatic rings. The summed E-state index contributed by atoms with van der Waals surface area (Å²) in [6.45, 7) is 2.74. The average molecular weight is 412 g/mol. The fraction of sp³-hybridized carbons (Fsp3) is 0.318. The number of anilines is 1. The first-order chi connectivity index (χ1) is 13.6. The van der Waals surface area contributed by atoms with Gasteiger partial charge in [0.2, 0.25) is 0 Å². The van der Waals surface area contributed by atoms with Gasteiger partial charge < -0.3 is 14.8 Å². The number of nitrogens with one attached hydrogen (secondary N) is 1. The summed E-state index contributed by atoms with van der Waals surface area (Å²) in [6.07, 6.45) is 6.91. The molecule has 1 aromatic carbocycles. The highest BCUT2D eigenvalue weighted by Crippen LogP contribution is 2.42. The molecule has 6 heteroatoms. The van der Waals surface area contributed by atoms with E-state index in [9.17, 15) is 4.79 Å². The number of aromatic nitrogens is 1. The van der Waals surface area contributed by atoms with Gasteiger partial charge in [0.05, 0.1) is 12.6 Å². The van der Waals surface area contributed by atoms with Crippen molar-refractivity contribution < 1.29 is 4.79 Å². The van der Waals surface area contributed by atoms with E-state index in [1.165, 1.54) is 33.8 Å². The summed E-state index contributed by atoms with van der Waals surface area (Å²) in [5, 5.41) is 4.94. The van der Waals surface area contributed by atoms with Gasteiger partial charge in [0.15, 0.2) is 0 Å². The number of nitrogens with zero attached hydrogens (tertiary/aromatic N) is 2. The molecule has 0 saturated heterocycles. The molecule has 3 heterocycles. The minimum absolute atomic E-state index is 0.0203. The molecule has 2 aromatic heterocycles. The molecule has 1 N–H and O–H groups in total. The summed E-state index contributed by atoms with van der Waals surface area (Å²) >= 11 is 7.99. The molecule has 0 bridgehead atoms. The van der Waals surface area contributed by atoms with Crippen LogP contribution in [0, 0.1) is 0 Å². The van der Waals surface area contributed by atoms with Crippen molar-refractivity contribution in [2.75, 3.05) is 5.32 Å². The lowest BCUT2D eigenvalue weighted by Crippen LogP contribution is -2.36. The first-order valence-corrected chi connectivity index (χ1v) is 11.0. The molecular weight excluding hydrogens is 390 g/mol. The number of thiophene rings is 1. The van der Waals surface area contributed by atoms with E-state index in [-0.39, 0.29) is 12.1 Å². The highest BCUT2D eigenvalue weighted by atomic mass is 35.5. The van der Waals surface area contributed by atoms with Gasteiger partial charge in [0.1, 0.15) is 5.00 Å². The van der Waals surface area contributed by atoms with E-state index in [1.54, 1.807) is 6.07 Å². The Hall–Kier alpha value is -2.24. The molecule has 28 heavy (non-hydrogen) atoms. The third kappa shape index (κ3) is 2.93. The Bertz CT molecular complexity index is 1050. The topological polar surface area (TPSA) is 37.3 Å². The van der Waals surface area contributed by atoms with E-state index in [1.807, 2.05) is 34.4 Å². The average Bonchev–Trinajstić information content (AvgIpc) is 3.28. The van der Waals surface area contributed by atoms with Crippen LogP contribution in [-0.2, 0) is 19.4 Å². The number of benzene rings is 1. The molecule has 1 aliphatic carbocycles. The van der Waals surface area contributed by atoms with Gasteiger partial charge in [0.25, 0.3) is 0 Å². The molecule has 4 nitrogen and oxygen atoms in total. The predicted octanol–water partition coefficient (Wildman–Crippen LogP) is 6.18. The minimum Gasteiger partial charge on any atom is -0.312 e. The van der Waals surface area contributed by atoms with Crippen molar-refractivity contribution >= 4 is 34.7 Å². The Morgan fingerprint density at radius 1 is 1.18 bits per heavy atom. The molecule has 144 valence electrons. The van der Waals surface area contributed by atoms with Crippen LogP contribution in [0.3, 0.4) is 0 Å². The van der Waals surface area contributed by atoms with Crippen LogP contribution in [0.4, 0.5) is 10.5 Å². The summed E-state index contributed by atoms with van der Waals surface area (Å²) in [5.74, 6) is 0. The number of hydrogen-bond acceptors (Lipinski definition) is 2. The summed E-state index contributed by atoms with van der Waals surface area (Å²) in [5.41, 5.74) is 4.67. The highest BCUT2D eigenvalue weighted by molar-refractivity contribution is 7.15. The number of urea groups is 1. The Kier molecular flexibility index (Phi) is 4.44. The second kappa shape index (κ2) is 6.98. The maximum atomic E-state index is 13.2. The zero-order chi connectivity index (χ0) is 19.3. The maximum Gasteiger partial charge on any atom is 0.322 e. The number of fused-ring (bicyclic) bond motifs is 5. The van der Waals surface area contributed by atoms with E-state index in [4.69, 9.17) is 11.6 Å². The van der Waals surface area contributed by atoms with Crippen LogP contribution < -0.4 is 5.32 Å². The minimum atomic E-state index is -0.0915. The maximum absolute atomic E-state index is 13.2. The van der Waals surface area contributed by atoms with Gasteiger partial charge in [-0.25, -0.2) is 4.79 Å². The summed E-state index contributed by atoms with van der Waals surface area (Å²) in [6, 6.07) is 11.4. The predicted molar refractivity (Wildman–Crippen MR) is 115 cm³/mol. The normalized spacial score (nSPS) is 18.1. The zero-order valence-corrected chi connectivity index (χ0v) is 17.3. The van der Waals surface area contributed by atoms with Gasteiger partial charge in [-0.1, -0.05) is 17.7 Å². The number of amides is 2. The summed E-state index contributed by atoms with van der Waals surface area (Å²) in [4.78, 5) is 16.7. The fourth-order valence-corrected chi connectivity index (χ4v) is 5.96. The van der Waals surface area contributed by atoms with E-state index in [0.29, 0.717) is 11.6 Å². The van der Waals surface area contributed by atoms with E-state index in [2.05, 4.69) is 35.1 Å². The molecule has 0 saturated carbocycles. The molecule has 0 radical (unpaired) electrons. The third-order valence-electron chi connectivity index (χ3n) is 5.82. The molecule has 3 aromatic rings. The van der Waals surface area contributed by atoms with Crippen molar-refractivity contribution in [2.24, 2.45) is 0 Å². The van der Waals surface area contributed by atoms with Gasteiger partial charge >= 0.3 is 6.03 Å². The Morgan fingerprint density at radius 3 is 2.89 bits per heavy atom. The van der Waals surface area contributed by atoms with Crippen molar-refractivity contribution in [1.29, 1.82) is 0 Å². The first kappa shape index (κ1) is 17.8. The monoisotopic (exact) mass is 411 g/mol. The molecule has 1 atom stereocenters. The third-order valence-corrected chi connectivity index (χ3v) is 7.39. The molecule has 1 aliphatic heterocycles. The Morgan fingerprint density at radius 2 is 2.04 bits per heavy atom. The SMILES string of the molecule is CC1c2cccn2-c2sc3c(c2CN1C(=O)Nc1cccc(Cl)c1)CCCC3. The number of aryl methyl sites for hydroxylation is 1. The second-order valence-electron chi connectivity index (χ2n) is 7.54. The molecule has 1 unspecified atom stereocenters. The number of hydrogen-bond donors (Lipinski definition) is 1. The van der Waals surface area contributed by atoms with Gasteiger partial charge in [-0.3, -0.25) is 0 Å². The van der Waals surface area contributed by atoms with Crippen molar-refractivity contribution in [2.45, 2.75) is 45.2 Å². The van der Waals surface area contributed by atoms with E-state index >= 15 is 0 Å². The zero-order valence-electron chi connectivity index (χ0n) is 15.7. The first-order valence-electron chi connectivity index (χ1n) is 9.76. The molecule has 0 spiro atoms. The Balaban J connectivity index is 1.55. The molecular formula is C22H22ClN3OS. The van der Waals surface area contributed by atoms with Crippen LogP contribution in [0.5, 0.6) is 0 Å². The lowest BCUT2D eigenvalue weighted by atomic mass is 9.95. The van der Waals surface area contributed by atoms with Crippen molar-refractivity contribution in [3.63, 3.8) is 0 Å². The van der Waals surface area contributed by atoms with Crippen molar-refractivity contribution in [1.82, 2.24) is 9.47 Å². The number of carbonyl (C=O) groups is 1. The largest absolute Gasteiger partial charge is 0.322 e. The van der Waals surface area contributed by atoms with Gasteiger partial charge in [-0.05, 0) is 68.5 Å². The van der Waals surface area contributed by atoms with E-state index in [0.717, 1.165) is 24.2 Å². The number of rotatable bonds is 1. The van der Waals surface area contributed by atoms with Crippen LogP contribution in [0.2, 0.25) is 5.02 Å². The van der Waals surface area contributed by atoms with Gasteiger partial charge in [-0.15, -0.1) is 11.3 Å². The van der Waals surface area contributed by atoms with Gasteiger partial charge in [-0.2, -0.15) is 0 Å². The smallest absolute Gasteiger partial charge is 0.312 e. The van der Waals surface area contributed by atoms with Crippen molar-refractivity contribution in [3.8, 4) is 5.00 Å². The second-order valence-corrected chi connectivity index (χ2v) is 9.06. The van der Waals surface area contributed by atoms with Crippen LogP contribution in [0.1, 0.15) is 47.5 Å². The number of halogens is 1. The molecule has 5 rings (SSSR count). The highest BCUT2D eigenvalue weighted by Gasteiger charge is 2.32. The summed E-state index contributed by atoms with van der Waals surface area (Å²) in [7, 11) is 0. The summed E-state index contributed by atoms with van der Waals surface area (Å²) < 4.78 is 2.29. The Labute approximate surface area is 173 Å². The standard InChI is InChI=1S/C22H22ClN3OS/c1-14-19-9-5-11-25(19)21-18(17-8-2-3-10-20(17)28-21)13-26(14)22(27)24-16-7-4-6-15(23)12-16/h4-7,9,11-12,14H,2-3,8,10,13H2,1H3,(H,24,27). The van der Waals surface area contributed by atoms with Crippen molar-refractivity contribution in [3.05, 3.63) is 69.3 Å². The van der Waals surface area contributed by atoms with Crippen LogP contribution in [0.15, 0.2) is 42.6 Å². The van der Waals surface area contributed by atoms with Crippen LogP contribution >= 0.6 is 22.9 Å². The van der Waals surface area contributed by atoms with Crippen LogP contribution in [0.25, 0.3) is 5.00 Å². The lowest BCUT2D eigenvalue weighted by molar-refractivity contribution is 0.189. The molecule has 0 fully saturated rings. The van der Waals surface area contributed by atoms with Crippen LogP contribution in [-0.4, -0.2) is 15.5 Å². The fourth-order valence-electron chi connectivity index (χ4n) is 4.37.